The highest BCUT2D eigenvalue weighted by atomic mass is 16.5. The SMILES string of the molecule is COc1ccc(-c2nnc(C(=O)N3CCc4[nH]cnc4[C@H]3c3ncc4ccccc4n3)o2)nc1. The third-order valence-electron chi connectivity index (χ3n) is 5.74. The number of carbonyl (C=O) groups is 1. The molecule has 1 aliphatic heterocycles. The predicted octanol–water partition coefficient (Wildman–Crippen LogP) is 2.59. The van der Waals surface area contributed by atoms with Gasteiger partial charge < -0.3 is 19.0 Å². The molecular formula is C23H18N8O3. The maximum absolute atomic E-state index is 13.5. The first-order valence-corrected chi connectivity index (χ1v) is 10.6. The number of ether oxygens (including phenoxy) is 1. The number of hydrogen-bond donors (Lipinski definition) is 1. The molecule has 1 amide bonds. The minimum atomic E-state index is -0.596. The Morgan fingerprint density at radius 3 is 2.88 bits per heavy atom. The topological polar surface area (TPSA) is 136 Å². The van der Waals surface area contributed by atoms with Gasteiger partial charge in [0, 0.05) is 30.2 Å². The van der Waals surface area contributed by atoms with Crippen molar-refractivity contribution in [1.82, 2.24) is 40.0 Å². The van der Waals surface area contributed by atoms with Crippen molar-refractivity contribution >= 4 is 16.8 Å². The van der Waals surface area contributed by atoms with E-state index in [0.717, 1.165) is 16.6 Å². The summed E-state index contributed by atoms with van der Waals surface area (Å²) in [5.74, 6) is 0.639. The summed E-state index contributed by atoms with van der Waals surface area (Å²) in [4.78, 5) is 36.3. The number of para-hydroxylation sites is 1. The number of benzene rings is 1. The summed E-state index contributed by atoms with van der Waals surface area (Å²) in [6.45, 7) is 0.410. The highest BCUT2D eigenvalue weighted by Crippen LogP contribution is 2.33. The van der Waals surface area contributed by atoms with Crippen LogP contribution >= 0.6 is 0 Å². The maximum atomic E-state index is 13.5. The van der Waals surface area contributed by atoms with Gasteiger partial charge in [-0.15, -0.1) is 10.2 Å². The Morgan fingerprint density at radius 2 is 2.03 bits per heavy atom. The van der Waals surface area contributed by atoms with Crippen molar-refractivity contribution < 1.29 is 13.9 Å². The first kappa shape index (κ1) is 20.0. The quantitative estimate of drug-likeness (QED) is 0.434. The number of nitrogens with zero attached hydrogens (tertiary/aromatic N) is 7. The van der Waals surface area contributed by atoms with Gasteiger partial charge in [-0.25, -0.2) is 19.9 Å². The molecule has 1 aromatic carbocycles. The van der Waals surface area contributed by atoms with Crippen molar-refractivity contribution in [2.75, 3.05) is 13.7 Å². The highest BCUT2D eigenvalue weighted by molar-refractivity contribution is 5.90. The zero-order valence-electron chi connectivity index (χ0n) is 18.0. The first-order chi connectivity index (χ1) is 16.7. The molecule has 0 saturated heterocycles. The van der Waals surface area contributed by atoms with Crippen molar-refractivity contribution in [3.05, 3.63) is 78.2 Å². The van der Waals surface area contributed by atoms with Gasteiger partial charge in [0.05, 0.1) is 30.8 Å². The van der Waals surface area contributed by atoms with Crippen LogP contribution in [-0.4, -0.2) is 59.6 Å². The van der Waals surface area contributed by atoms with Crippen LogP contribution < -0.4 is 4.74 Å². The number of pyridine rings is 1. The Bertz CT molecular complexity index is 1490. The van der Waals surface area contributed by atoms with Crippen LogP contribution in [0.1, 0.15) is 33.9 Å². The van der Waals surface area contributed by atoms with E-state index in [4.69, 9.17) is 14.1 Å². The van der Waals surface area contributed by atoms with Gasteiger partial charge >= 0.3 is 11.8 Å². The Balaban J connectivity index is 1.37. The fourth-order valence-electron chi connectivity index (χ4n) is 4.04. The molecule has 0 bridgehead atoms. The van der Waals surface area contributed by atoms with E-state index >= 15 is 0 Å². The number of fused-ring (bicyclic) bond motifs is 2. The molecule has 0 saturated carbocycles. The zero-order chi connectivity index (χ0) is 23.1. The summed E-state index contributed by atoms with van der Waals surface area (Å²) in [5.41, 5.74) is 2.87. The summed E-state index contributed by atoms with van der Waals surface area (Å²) in [6, 6.07) is 10.5. The van der Waals surface area contributed by atoms with Crippen LogP contribution in [0.3, 0.4) is 0 Å². The lowest BCUT2D eigenvalue weighted by Crippen LogP contribution is -2.41. The summed E-state index contributed by atoms with van der Waals surface area (Å²) in [7, 11) is 1.55. The second kappa shape index (κ2) is 8.03. The van der Waals surface area contributed by atoms with Gasteiger partial charge in [-0.1, -0.05) is 18.2 Å². The standard InChI is InChI=1S/C23H18N8O3/c1-33-14-6-7-17(24-11-14)21-29-30-22(34-21)23(32)31-9-8-16-18(27-12-26-16)19(31)20-25-10-13-4-2-3-5-15(13)28-20/h2-7,10-12,19H,8-9H2,1H3,(H,26,27)/t19-/m0/s1. The third kappa shape index (κ3) is 3.34. The van der Waals surface area contributed by atoms with Crippen molar-refractivity contribution in [3.8, 4) is 17.3 Å². The van der Waals surface area contributed by atoms with E-state index in [9.17, 15) is 4.79 Å². The molecule has 4 aromatic heterocycles. The Kier molecular flexibility index (Phi) is 4.72. The lowest BCUT2D eigenvalue weighted by molar-refractivity contribution is 0.0643. The van der Waals surface area contributed by atoms with E-state index in [2.05, 4.69) is 30.1 Å². The molecule has 0 radical (unpaired) electrons. The number of amides is 1. The number of nitrogens with one attached hydrogen (secondary N) is 1. The fraction of sp³-hybridized carbons (Fsp3) is 0.174. The minimum Gasteiger partial charge on any atom is -0.495 e. The number of aromatic nitrogens is 7. The number of rotatable bonds is 4. The molecule has 11 nitrogen and oxygen atoms in total. The molecule has 0 spiro atoms. The van der Waals surface area contributed by atoms with E-state index in [1.54, 1.807) is 36.7 Å². The molecule has 1 aliphatic rings. The number of methoxy groups -OCH3 is 1. The Morgan fingerprint density at radius 1 is 1.12 bits per heavy atom. The van der Waals surface area contributed by atoms with Gasteiger partial charge in [0.15, 0.2) is 5.82 Å². The fourth-order valence-corrected chi connectivity index (χ4v) is 4.04. The summed E-state index contributed by atoms with van der Waals surface area (Å²) < 4.78 is 10.8. The molecule has 0 aliphatic carbocycles. The van der Waals surface area contributed by atoms with Crippen molar-refractivity contribution in [2.45, 2.75) is 12.5 Å². The summed E-state index contributed by atoms with van der Waals surface area (Å²) in [6.07, 6.45) is 5.51. The van der Waals surface area contributed by atoms with Gasteiger partial charge in [-0.2, -0.15) is 0 Å². The molecule has 1 N–H and O–H groups in total. The molecule has 5 aromatic rings. The molecular weight excluding hydrogens is 436 g/mol. The van der Waals surface area contributed by atoms with Gasteiger partial charge in [-0.3, -0.25) is 4.79 Å². The van der Waals surface area contributed by atoms with E-state index in [-0.39, 0.29) is 11.8 Å². The number of H-pyrrole nitrogens is 1. The van der Waals surface area contributed by atoms with Gasteiger partial charge in [0.2, 0.25) is 0 Å². The smallest absolute Gasteiger partial charge is 0.312 e. The molecule has 0 fully saturated rings. The average Bonchev–Trinajstić information content (AvgIpc) is 3.57. The average molecular weight is 454 g/mol. The molecule has 0 unspecified atom stereocenters. The molecule has 6 rings (SSSR count). The number of hydrogen-bond acceptors (Lipinski definition) is 9. The number of aromatic amines is 1. The van der Waals surface area contributed by atoms with Crippen molar-refractivity contribution in [3.63, 3.8) is 0 Å². The van der Waals surface area contributed by atoms with Crippen LogP contribution in [-0.2, 0) is 6.42 Å². The van der Waals surface area contributed by atoms with Crippen LogP contribution in [0, 0.1) is 0 Å². The largest absolute Gasteiger partial charge is 0.495 e. The highest BCUT2D eigenvalue weighted by Gasteiger charge is 2.38. The monoisotopic (exact) mass is 454 g/mol. The maximum Gasteiger partial charge on any atom is 0.312 e. The molecule has 1 atom stereocenters. The molecule has 168 valence electrons. The predicted molar refractivity (Wildman–Crippen MR) is 119 cm³/mol. The number of imidazole rings is 1. The van der Waals surface area contributed by atoms with Crippen molar-refractivity contribution in [2.24, 2.45) is 0 Å². The second-order valence-corrected chi connectivity index (χ2v) is 7.70. The van der Waals surface area contributed by atoms with Gasteiger partial charge in [0.25, 0.3) is 5.89 Å². The molecule has 5 heterocycles. The molecule has 11 heteroatoms. The third-order valence-corrected chi connectivity index (χ3v) is 5.74. The van der Waals surface area contributed by atoms with E-state index in [1.807, 2.05) is 24.3 Å². The molecule has 34 heavy (non-hydrogen) atoms. The lowest BCUT2D eigenvalue weighted by atomic mass is 10.0. The van der Waals surface area contributed by atoms with Crippen LogP contribution in [0.15, 0.2) is 59.5 Å². The summed E-state index contributed by atoms with van der Waals surface area (Å²) in [5, 5.41) is 8.91. The second-order valence-electron chi connectivity index (χ2n) is 7.70. The first-order valence-electron chi connectivity index (χ1n) is 10.6. The van der Waals surface area contributed by atoms with Crippen LogP contribution in [0.25, 0.3) is 22.5 Å². The van der Waals surface area contributed by atoms with E-state index in [0.29, 0.717) is 35.9 Å². The van der Waals surface area contributed by atoms with Crippen molar-refractivity contribution in [1.29, 1.82) is 0 Å². The number of carbonyl (C=O) groups excluding carboxylic acids is 1. The minimum absolute atomic E-state index is 0.141. The van der Waals surface area contributed by atoms with Crippen LogP contribution in [0.5, 0.6) is 5.75 Å². The zero-order valence-corrected chi connectivity index (χ0v) is 18.0. The Hall–Kier alpha value is -4.67. The van der Waals surface area contributed by atoms with Gasteiger partial charge in [0.1, 0.15) is 17.5 Å². The Labute approximate surface area is 192 Å². The van der Waals surface area contributed by atoms with Gasteiger partial charge in [-0.05, 0) is 18.2 Å². The van der Waals surface area contributed by atoms with E-state index in [1.165, 1.54) is 6.20 Å². The van der Waals surface area contributed by atoms with Crippen LogP contribution in [0.2, 0.25) is 0 Å². The summed E-state index contributed by atoms with van der Waals surface area (Å²) >= 11 is 0. The lowest BCUT2D eigenvalue weighted by Gasteiger charge is -2.32. The van der Waals surface area contributed by atoms with E-state index < -0.39 is 11.9 Å². The normalized spacial score (nSPS) is 15.3. The van der Waals surface area contributed by atoms with Crippen LogP contribution in [0.4, 0.5) is 0 Å².